The van der Waals surface area contributed by atoms with Gasteiger partial charge in [-0.05, 0) is 42.0 Å². The first-order valence-electron chi connectivity index (χ1n) is 7.47. The van der Waals surface area contributed by atoms with Crippen molar-refractivity contribution in [3.8, 4) is 0 Å². The summed E-state index contributed by atoms with van der Waals surface area (Å²) in [5.41, 5.74) is 5.95. The van der Waals surface area contributed by atoms with Crippen molar-refractivity contribution >= 4 is 37.8 Å². The van der Waals surface area contributed by atoms with E-state index >= 15 is 0 Å². The van der Waals surface area contributed by atoms with Crippen LogP contribution in [0.4, 0.5) is 0 Å². The van der Waals surface area contributed by atoms with Crippen LogP contribution in [0.1, 0.15) is 28.4 Å². The molecule has 7 nitrogen and oxygen atoms in total. The number of sulfonamides is 1. The van der Waals surface area contributed by atoms with Gasteiger partial charge >= 0.3 is 5.97 Å². The second-order valence-corrected chi connectivity index (χ2v) is 8.03. The molecule has 0 radical (unpaired) electrons. The van der Waals surface area contributed by atoms with Crippen molar-refractivity contribution in [2.75, 3.05) is 7.11 Å². The molecule has 2 rings (SSSR count). The van der Waals surface area contributed by atoms with Gasteiger partial charge in [-0.25, -0.2) is 13.1 Å². The molecule has 0 bridgehead atoms. The smallest absolute Gasteiger partial charge is 0.307 e. The van der Waals surface area contributed by atoms with Crippen LogP contribution >= 0.6 is 15.9 Å². The number of hydrogen-bond donors (Lipinski definition) is 2. The van der Waals surface area contributed by atoms with Gasteiger partial charge in [0.1, 0.15) is 0 Å². The van der Waals surface area contributed by atoms with E-state index in [0.717, 1.165) is 4.47 Å². The van der Waals surface area contributed by atoms with Crippen molar-refractivity contribution in [2.45, 2.75) is 17.4 Å². The summed E-state index contributed by atoms with van der Waals surface area (Å²) < 4.78 is 33.2. The summed E-state index contributed by atoms with van der Waals surface area (Å²) in [7, 11) is -2.71. The van der Waals surface area contributed by atoms with E-state index in [2.05, 4.69) is 25.4 Å². The Balaban J connectivity index is 2.33. The maximum Gasteiger partial charge on any atom is 0.307 e. The van der Waals surface area contributed by atoms with E-state index in [1.165, 1.54) is 31.4 Å². The molecule has 2 aromatic carbocycles. The number of rotatable bonds is 7. The number of methoxy groups -OCH3 is 1. The third-order valence-electron chi connectivity index (χ3n) is 3.60. The zero-order chi connectivity index (χ0) is 19.3. The standard InChI is InChI=1S/C17H17BrN2O5S/c1-25-16(21)10-15(12-3-2-4-13(18)9-12)20-26(23,24)14-7-5-11(6-8-14)17(19)22/h2-9,15,20H,10H2,1H3,(H2,19,22). The van der Waals surface area contributed by atoms with Crippen molar-refractivity contribution in [1.29, 1.82) is 0 Å². The van der Waals surface area contributed by atoms with Gasteiger partial charge in [0.25, 0.3) is 0 Å². The van der Waals surface area contributed by atoms with Crippen LogP contribution in [0.15, 0.2) is 57.9 Å². The molecule has 0 saturated carbocycles. The molecule has 0 aliphatic carbocycles. The first kappa shape index (κ1) is 20.1. The molecule has 3 N–H and O–H groups in total. The molecule has 26 heavy (non-hydrogen) atoms. The van der Waals surface area contributed by atoms with Crippen LogP contribution in [0.5, 0.6) is 0 Å². The predicted octanol–water partition coefficient (Wildman–Crippen LogP) is 2.13. The summed E-state index contributed by atoms with van der Waals surface area (Å²) >= 11 is 3.32. The van der Waals surface area contributed by atoms with Gasteiger partial charge in [-0.2, -0.15) is 0 Å². The normalized spacial score (nSPS) is 12.4. The average molecular weight is 441 g/mol. The molecule has 9 heteroatoms. The van der Waals surface area contributed by atoms with Crippen LogP contribution in [-0.4, -0.2) is 27.4 Å². The Morgan fingerprint density at radius 2 is 1.85 bits per heavy atom. The van der Waals surface area contributed by atoms with Crippen LogP contribution in [0, 0.1) is 0 Å². The van der Waals surface area contributed by atoms with Crippen LogP contribution in [-0.2, 0) is 19.6 Å². The molecule has 2 aromatic rings. The van der Waals surface area contributed by atoms with E-state index in [4.69, 9.17) is 5.73 Å². The molecule has 0 fully saturated rings. The van der Waals surface area contributed by atoms with E-state index in [-0.39, 0.29) is 16.9 Å². The topological polar surface area (TPSA) is 116 Å². The first-order chi connectivity index (χ1) is 12.2. The Morgan fingerprint density at radius 1 is 1.19 bits per heavy atom. The maximum absolute atomic E-state index is 12.7. The SMILES string of the molecule is COC(=O)CC(NS(=O)(=O)c1ccc(C(N)=O)cc1)c1cccc(Br)c1. The van der Waals surface area contributed by atoms with E-state index in [9.17, 15) is 18.0 Å². The summed E-state index contributed by atoms with van der Waals surface area (Å²) in [6, 6.07) is 11.3. The van der Waals surface area contributed by atoms with E-state index in [0.29, 0.717) is 5.56 Å². The number of nitrogens with one attached hydrogen (secondary N) is 1. The van der Waals surface area contributed by atoms with E-state index in [1.807, 2.05) is 0 Å². The molecule has 0 heterocycles. The Kier molecular flexibility index (Phi) is 6.52. The quantitative estimate of drug-likeness (QED) is 0.639. The number of halogens is 1. The summed E-state index contributed by atoms with van der Waals surface area (Å²) in [5.74, 6) is -1.21. The zero-order valence-electron chi connectivity index (χ0n) is 13.8. The Hall–Kier alpha value is -2.23. The number of primary amides is 1. The van der Waals surface area contributed by atoms with Gasteiger partial charge in [0.2, 0.25) is 15.9 Å². The number of carbonyl (C=O) groups excluding carboxylic acids is 2. The fourth-order valence-electron chi connectivity index (χ4n) is 2.25. The van der Waals surface area contributed by atoms with Crippen molar-refractivity contribution in [2.24, 2.45) is 5.73 Å². The minimum absolute atomic E-state index is 0.0487. The van der Waals surface area contributed by atoms with Gasteiger partial charge in [0, 0.05) is 10.0 Å². The summed E-state index contributed by atoms with van der Waals surface area (Å²) in [6.07, 6.45) is -0.175. The first-order valence-corrected chi connectivity index (χ1v) is 9.75. The van der Waals surface area contributed by atoms with E-state index < -0.39 is 27.9 Å². The number of ether oxygens (including phenoxy) is 1. The van der Waals surface area contributed by atoms with Crippen LogP contribution in [0.25, 0.3) is 0 Å². The monoisotopic (exact) mass is 440 g/mol. The third-order valence-corrected chi connectivity index (χ3v) is 5.58. The molecule has 1 amide bonds. The van der Waals surface area contributed by atoms with Gasteiger partial charge < -0.3 is 10.5 Å². The van der Waals surface area contributed by atoms with Crippen molar-refractivity contribution < 1.29 is 22.7 Å². The third kappa shape index (κ3) is 5.13. The molecule has 0 aromatic heterocycles. The fraction of sp³-hybridized carbons (Fsp3) is 0.176. The minimum atomic E-state index is -3.94. The molecule has 0 aliphatic rings. The van der Waals surface area contributed by atoms with Gasteiger partial charge in [-0.15, -0.1) is 0 Å². The Bertz CT molecular complexity index is 913. The molecule has 1 unspecified atom stereocenters. The molecule has 0 aliphatic heterocycles. The van der Waals surface area contributed by atoms with Gasteiger partial charge in [0.05, 0.1) is 24.5 Å². The number of benzene rings is 2. The lowest BCUT2D eigenvalue weighted by Crippen LogP contribution is -2.30. The summed E-state index contributed by atoms with van der Waals surface area (Å²) in [5, 5.41) is 0. The highest BCUT2D eigenvalue weighted by Gasteiger charge is 2.24. The van der Waals surface area contributed by atoms with Gasteiger partial charge in [0.15, 0.2) is 0 Å². The summed E-state index contributed by atoms with van der Waals surface area (Å²) in [4.78, 5) is 22.8. The fourth-order valence-corrected chi connectivity index (χ4v) is 3.90. The molecule has 0 spiro atoms. The zero-order valence-corrected chi connectivity index (χ0v) is 16.2. The molecular formula is C17H17BrN2O5S. The highest BCUT2D eigenvalue weighted by atomic mass is 79.9. The van der Waals surface area contributed by atoms with Crippen molar-refractivity contribution in [1.82, 2.24) is 4.72 Å². The Morgan fingerprint density at radius 3 is 2.38 bits per heavy atom. The number of esters is 1. The van der Waals surface area contributed by atoms with Crippen molar-refractivity contribution in [3.05, 3.63) is 64.1 Å². The van der Waals surface area contributed by atoms with Gasteiger partial charge in [-0.3, -0.25) is 9.59 Å². The molecule has 0 saturated heterocycles. The number of nitrogens with two attached hydrogens (primary N) is 1. The second kappa shape index (κ2) is 8.43. The highest BCUT2D eigenvalue weighted by molar-refractivity contribution is 9.10. The minimum Gasteiger partial charge on any atom is -0.469 e. The lowest BCUT2D eigenvalue weighted by atomic mass is 10.1. The van der Waals surface area contributed by atoms with Crippen LogP contribution in [0.3, 0.4) is 0 Å². The predicted molar refractivity (Wildman–Crippen MR) is 98.8 cm³/mol. The lowest BCUT2D eigenvalue weighted by Gasteiger charge is -2.18. The number of carbonyl (C=O) groups is 2. The average Bonchev–Trinajstić information content (AvgIpc) is 2.61. The maximum atomic E-state index is 12.7. The van der Waals surface area contributed by atoms with Crippen molar-refractivity contribution in [3.63, 3.8) is 0 Å². The van der Waals surface area contributed by atoms with Crippen LogP contribution in [0.2, 0.25) is 0 Å². The highest BCUT2D eigenvalue weighted by Crippen LogP contribution is 2.24. The molecular weight excluding hydrogens is 424 g/mol. The number of amides is 1. The lowest BCUT2D eigenvalue weighted by molar-refractivity contribution is -0.141. The number of hydrogen-bond acceptors (Lipinski definition) is 5. The van der Waals surface area contributed by atoms with E-state index in [1.54, 1.807) is 24.3 Å². The largest absolute Gasteiger partial charge is 0.469 e. The summed E-state index contributed by atoms with van der Waals surface area (Å²) in [6.45, 7) is 0. The Labute approximate surface area is 159 Å². The van der Waals surface area contributed by atoms with Crippen LogP contribution < -0.4 is 10.5 Å². The molecule has 1 atom stereocenters. The molecule has 138 valence electrons. The van der Waals surface area contributed by atoms with Gasteiger partial charge in [-0.1, -0.05) is 28.1 Å². The second-order valence-electron chi connectivity index (χ2n) is 5.40.